The van der Waals surface area contributed by atoms with Crippen LogP contribution in [0.2, 0.25) is 0 Å². The number of esters is 1. The first-order valence-electron chi connectivity index (χ1n) is 9.64. The summed E-state index contributed by atoms with van der Waals surface area (Å²) in [5, 5.41) is 2.64. The fraction of sp³-hybridized carbons (Fsp3) is 0.450. The van der Waals surface area contributed by atoms with Crippen molar-refractivity contribution in [3.63, 3.8) is 0 Å². The van der Waals surface area contributed by atoms with Crippen LogP contribution in [-0.4, -0.2) is 52.9 Å². The highest BCUT2D eigenvalue weighted by Gasteiger charge is 2.39. The Hall–Kier alpha value is -3.24. The summed E-state index contributed by atoms with van der Waals surface area (Å²) in [5.41, 5.74) is 1.25. The van der Waals surface area contributed by atoms with Gasteiger partial charge in [-0.3, -0.25) is 0 Å². The maximum absolute atomic E-state index is 13.2. The van der Waals surface area contributed by atoms with Gasteiger partial charge in [0.15, 0.2) is 0 Å². The highest BCUT2D eigenvalue weighted by molar-refractivity contribution is 5.84. The summed E-state index contributed by atoms with van der Waals surface area (Å²) in [6, 6.07) is 3.13. The van der Waals surface area contributed by atoms with Gasteiger partial charge in [-0.15, -0.1) is 13.2 Å². The number of nitrogens with one attached hydrogen (secondary N) is 2. The molecule has 1 aromatic carbocycles. The molecule has 2 N–H and O–H groups in total. The van der Waals surface area contributed by atoms with Gasteiger partial charge in [-0.05, 0) is 12.0 Å². The van der Waals surface area contributed by atoms with E-state index in [0.717, 1.165) is 0 Å². The number of aromatic amines is 1. The molecule has 0 saturated carbocycles. The maximum Gasteiger partial charge on any atom is 0.573 e. The molecule has 0 radical (unpaired) electrons. The number of urea groups is 1. The van der Waals surface area contributed by atoms with Gasteiger partial charge in [0, 0.05) is 24.2 Å². The molecule has 2 atom stereocenters. The molecular formula is C20H23F3N4O4. The molecule has 0 fully saturated rings. The quantitative estimate of drug-likeness (QED) is 0.697. The van der Waals surface area contributed by atoms with E-state index in [1.54, 1.807) is 19.9 Å². The van der Waals surface area contributed by atoms with E-state index in [0.29, 0.717) is 17.8 Å². The van der Waals surface area contributed by atoms with Gasteiger partial charge in [-0.2, -0.15) is 0 Å². The van der Waals surface area contributed by atoms with Gasteiger partial charge in [-0.25, -0.2) is 14.6 Å². The number of fused-ring (bicyclic) bond motifs is 1. The van der Waals surface area contributed by atoms with E-state index in [2.05, 4.69) is 20.0 Å². The van der Waals surface area contributed by atoms with Crippen molar-refractivity contribution >= 4 is 12.0 Å². The zero-order valence-electron chi connectivity index (χ0n) is 17.2. The minimum Gasteiger partial charge on any atom is -0.467 e. The Kier molecular flexibility index (Phi) is 6.42. The van der Waals surface area contributed by atoms with Crippen LogP contribution in [0.15, 0.2) is 30.6 Å². The van der Waals surface area contributed by atoms with E-state index in [9.17, 15) is 22.8 Å². The van der Waals surface area contributed by atoms with E-state index < -0.39 is 36.2 Å². The zero-order chi connectivity index (χ0) is 22.8. The Morgan fingerprint density at radius 3 is 2.65 bits per heavy atom. The van der Waals surface area contributed by atoms with E-state index in [1.807, 2.05) is 0 Å². The number of aromatic nitrogens is 2. The lowest BCUT2D eigenvalue weighted by molar-refractivity contribution is -0.275. The average molecular weight is 440 g/mol. The van der Waals surface area contributed by atoms with E-state index in [-0.39, 0.29) is 18.0 Å². The molecule has 0 unspecified atom stereocenters. The van der Waals surface area contributed by atoms with Crippen molar-refractivity contribution in [3.05, 3.63) is 47.5 Å². The summed E-state index contributed by atoms with van der Waals surface area (Å²) in [7, 11) is 1.22. The summed E-state index contributed by atoms with van der Waals surface area (Å²) in [4.78, 5) is 33.8. The normalized spacial score (nSPS) is 17.1. The summed E-state index contributed by atoms with van der Waals surface area (Å²) < 4.78 is 47.9. The number of alkyl halides is 3. The monoisotopic (exact) mass is 440 g/mol. The third-order valence-corrected chi connectivity index (χ3v) is 5.03. The van der Waals surface area contributed by atoms with Gasteiger partial charge < -0.3 is 24.7 Å². The lowest BCUT2D eigenvalue weighted by Crippen LogP contribution is -2.53. The first kappa shape index (κ1) is 22.4. The van der Waals surface area contributed by atoms with Crippen LogP contribution >= 0.6 is 0 Å². The Balaban J connectivity index is 2.00. The molecule has 0 saturated heterocycles. The van der Waals surface area contributed by atoms with Gasteiger partial charge >= 0.3 is 18.4 Å². The minimum absolute atomic E-state index is 0.127. The molecule has 31 heavy (non-hydrogen) atoms. The molecule has 168 valence electrons. The predicted octanol–water partition coefficient (Wildman–Crippen LogP) is 3.16. The molecule has 0 spiro atoms. The van der Waals surface area contributed by atoms with Crippen LogP contribution in [0.3, 0.4) is 0 Å². The van der Waals surface area contributed by atoms with Crippen molar-refractivity contribution in [3.8, 4) is 5.75 Å². The second kappa shape index (κ2) is 8.86. The number of nitrogens with zero attached hydrogens (tertiary/aromatic N) is 2. The zero-order valence-corrected chi connectivity index (χ0v) is 17.2. The van der Waals surface area contributed by atoms with Crippen LogP contribution in [0, 0.1) is 5.92 Å². The van der Waals surface area contributed by atoms with Crippen molar-refractivity contribution in [2.24, 2.45) is 5.92 Å². The summed E-state index contributed by atoms with van der Waals surface area (Å²) in [6.45, 7) is 3.68. The molecule has 2 aromatic rings. The third kappa shape index (κ3) is 4.92. The van der Waals surface area contributed by atoms with Crippen LogP contribution in [0.4, 0.5) is 18.0 Å². The van der Waals surface area contributed by atoms with E-state index in [4.69, 9.17) is 4.74 Å². The lowest BCUT2D eigenvalue weighted by Gasteiger charge is -2.37. The van der Waals surface area contributed by atoms with Crippen molar-refractivity contribution < 1.29 is 32.2 Å². The number of H-pyrrole nitrogens is 1. The maximum atomic E-state index is 13.2. The smallest absolute Gasteiger partial charge is 0.467 e. The fourth-order valence-corrected chi connectivity index (χ4v) is 3.58. The standard InChI is InChI=1S/C20H23F3N4O4/c1-11(2)15(18(28)30-3)26-19(29)27-9-8-13-16(25-10-24-13)17(27)12-6-4-5-7-14(12)31-20(21,22)23/h4-7,10-11,15,17H,8-9H2,1-3H3,(H,24,25)(H,26,29)/t15-,17-/m0/s1. The number of amides is 2. The number of para-hydroxylation sites is 1. The molecule has 0 aliphatic carbocycles. The predicted molar refractivity (Wildman–Crippen MR) is 103 cm³/mol. The Labute approximate surface area is 176 Å². The van der Waals surface area contributed by atoms with Crippen LogP contribution in [-0.2, 0) is 16.0 Å². The molecule has 2 heterocycles. The number of rotatable bonds is 5. The van der Waals surface area contributed by atoms with Crippen LogP contribution < -0.4 is 10.1 Å². The summed E-state index contributed by atoms with van der Waals surface area (Å²) in [6.07, 6.45) is -3.05. The lowest BCUT2D eigenvalue weighted by atomic mass is 9.95. The first-order chi connectivity index (χ1) is 14.6. The van der Waals surface area contributed by atoms with Gasteiger partial charge in [0.25, 0.3) is 0 Å². The molecule has 11 heteroatoms. The number of benzene rings is 1. The first-order valence-corrected chi connectivity index (χ1v) is 9.64. The SMILES string of the molecule is COC(=O)[C@@H](NC(=O)N1CCc2[nH]cnc2[C@@H]1c1ccccc1OC(F)(F)F)C(C)C. The van der Waals surface area contributed by atoms with Crippen LogP contribution in [0.5, 0.6) is 5.75 Å². The number of halogens is 3. The van der Waals surface area contributed by atoms with Crippen molar-refractivity contribution in [2.75, 3.05) is 13.7 Å². The van der Waals surface area contributed by atoms with Gasteiger partial charge in [0.05, 0.1) is 19.1 Å². The Bertz CT molecular complexity index is 945. The van der Waals surface area contributed by atoms with Crippen LogP contribution in [0.1, 0.15) is 36.8 Å². The summed E-state index contributed by atoms with van der Waals surface area (Å²) >= 11 is 0. The number of carbonyl (C=O) groups is 2. The molecule has 8 nitrogen and oxygen atoms in total. The molecule has 1 aromatic heterocycles. The second-order valence-electron chi connectivity index (χ2n) is 7.39. The largest absolute Gasteiger partial charge is 0.573 e. The minimum atomic E-state index is -4.90. The van der Waals surface area contributed by atoms with Gasteiger partial charge in [0.2, 0.25) is 0 Å². The molecular weight excluding hydrogens is 417 g/mol. The van der Waals surface area contributed by atoms with E-state index >= 15 is 0 Å². The Morgan fingerprint density at radius 1 is 1.29 bits per heavy atom. The number of hydrogen-bond donors (Lipinski definition) is 2. The molecule has 2 amide bonds. The third-order valence-electron chi connectivity index (χ3n) is 5.03. The van der Waals surface area contributed by atoms with E-state index in [1.165, 1.54) is 36.5 Å². The number of methoxy groups -OCH3 is 1. The molecule has 1 aliphatic heterocycles. The molecule has 3 rings (SSSR count). The number of carbonyl (C=O) groups excluding carboxylic acids is 2. The van der Waals surface area contributed by atoms with Crippen molar-refractivity contribution in [1.82, 2.24) is 20.2 Å². The number of ether oxygens (including phenoxy) is 2. The number of imidazole rings is 1. The highest BCUT2D eigenvalue weighted by Crippen LogP contribution is 2.39. The van der Waals surface area contributed by atoms with Crippen molar-refractivity contribution in [1.29, 1.82) is 0 Å². The second-order valence-corrected chi connectivity index (χ2v) is 7.39. The fourth-order valence-electron chi connectivity index (χ4n) is 3.58. The summed E-state index contributed by atoms with van der Waals surface area (Å²) in [5.74, 6) is -1.30. The molecule has 0 bridgehead atoms. The average Bonchev–Trinajstić information content (AvgIpc) is 3.18. The number of hydrogen-bond acceptors (Lipinski definition) is 5. The topological polar surface area (TPSA) is 96.6 Å². The molecule has 1 aliphatic rings. The van der Waals surface area contributed by atoms with Gasteiger partial charge in [-0.1, -0.05) is 32.0 Å². The van der Waals surface area contributed by atoms with Crippen LogP contribution in [0.25, 0.3) is 0 Å². The van der Waals surface area contributed by atoms with Crippen molar-refractivity contribution in [2.45, 2.75) is 38.7 Å². The highest BCUT2D eigenvalue weighted by atomic mass is 19.4. The van der Waals surface area contributed by atoms with Gasteiger partial charge in [0.1, 0.15) is 17.8 Å². The Morgan fingerprint density at radius 2 is 2.00 bits per heavy atom.